The van der Waals surface area contributed by atoms with Gasteiger partial charge in [0.1, 0.15) is 12.6 Å². The first-order valence-corrected chi connectivity index (χ1v) is 18.5. The number of hydrogen-bond acceptors (Lipinski definition) is 9. The number of rotatable bonds is 17. The minimum atomic E-state index is -1.05. The van der Waals surface area contributed by atoms with Crippen molar-refractivity contribution in [3.05, 3.63) is 104 Å². The largest absolute Gasteiger partial charge is 0.444 e. The molecule has 0 fully saturated rings. The minimum absolute atomic E-state index is 0.0675. The summed E-state index contributed by atoms with van der Waals surface area (Å²) in [5.74, 6) is -0.269. The van der Waals surface area contributed by atoms with Crippen molar-refractivity contribution >= 4 is 40.7 Å². The number of aliphatic hydroxyl groups excluding tert-OH is 1. The van der Waals surface area contributed by atoms with Crippen LogP contribution in [-0.2, 0) is 35.5 Å². The summed E-state index contributed by atoms with van der Waals surface area (Å²) in [4.78, 5) is 51.8. The number of carbonyl (C=O) groups excluding carboxylic acids is 3. The number of nitrogens with one attached hydrogen (secondary N) is 3. The van der Waals surface area contributed by atoms with Gasteiger partial charge in [0.25, 0.3) is 0 Å². The Bertz CT molecular complexity index is 1620. The van der Waals surface area contributed by atoms with Gasteiger partial charge >= 0.3 is 12.1 Å². The van der Waals surface area contributed by atoms with E-state index in [1.54, 1.807) is 41.2 Å². The molecule has 2 heterocycles. The van der Waals surface area contributed by atoms with Crippen molar-refractivity contribution in [2.75, 3.05) is 7.05 Å². The maximum Gasteiger partial charge on any atom is 0.407 e. The average Bonchev–Trinajstić information content (AvgIpc) is 3.79. The molecule has 4 amide bonds. The number of aliphatic hydroxyl groups is 1. The first-order valence-electron chi connectivity index (χ1n) is 16.8. The number of nitrogens with zero attached hydrogens (tertiary/aromatic N) is 3. The molecule has 0 saturated carbocycles. The molecule has 13 heteroatoms. The van der Waals surface area contributed by atoms with E-state index < -0.39 is 30.3 Å². The van der Waals surface area contributed by atoms with E-state index in [2.05, 4.69) is 39.8 Å². The van der Waals surface area contributed by atoms with Crippen molar-refractivity contribution in [1.82, 2.24) is 30.8 Å². The number of hydrogen-bond donors (Lipinski definition) is 4. The van der Waals surface area contributed by atoms with Gasteiger partial charge in [-0.3, -0.25) is 9.78 Å². The Labute approximate surface area is 302 Å². The average molecular weight is 721 g/mol. The summed E-state index contributed by atoms with van der Waals surface area (Å²) in [6.45, 7) is 8.34. The second-order valence-corrected chi connectivity index (χ2v) is 15.1. The summed E-state index contributed by atoms with van der Waals surface area (Å²) in [6.07, 6.45) is 2.63. The lowest BCUT2D eigenvalue weighted by Gasteiger charge is -2.30. The lowest BCUT2D eigenvalue weighted by atomic mass is 9.93. The summed E-state index contributed by atoms with van der Waals surface area (Å²) in [6, 6.07) is 16.8. The van der Waals surface area contributed by atoms with Crippen molar-refractivity contribution in [3.8, 4) is 0 Å². The van der Waals surface area contributed by atoms with Crippen LogP contribution in [0, 0.1) is 5.92 Å². The number of amides is 4. The zero-order valence-electron chi connectivity index (χ0n) is 29.2. The molecule has 0 aliphatic carbocycles. The molecule has 4 aromatic rings. The van der Waals surface area contributed by atoms with Crippen LogP contribution in [0.25, 0.3) is 0 Å². The Morgan fingerprint density at radius 2 is 1.54 bits per heavy atom. The van der Waals surface area contributed by atoms with E-state index in [1.165, 1.54) is 11.3 Å². The monoisotopic (exact) mass is 720 g/mol. The Morgan fingerprint density at radius 3 is 2.12 bits per heavy atom. The van der Waals surface area contributed by atoms with E-state index in [-0.39, 0.29) is 30.9 Å². The van der Waals surface area contributed by atoms with Crippen LogP contribution in [-0.4, -0.2) is 69.3 Å². The molecule has 2 aromatic carbocycles. The van der Waals surface area contributed by atoms with Gasteiger partial charge < -0.3 is 30.7 Å². The predicted molar refractivity (Wildman–Crippen MR) is 197 cm³/mol. The molecule has 4 rings (SSSR count). The number of thiazole rings is 2. The van der Waals surface area contributed by atoms with Gasteiger partial charge in [-0.15, -0.1) is 22.7 Å². The summed E-state index contributed by atoms with van der Waals surface area (Å²) in [7, 11) is 1.69. The molecule has 0 radical (unpaired) electrons. The first-order chi connectivity index (χ1) is 24.0. The Balaban J connectivity index is 1.46. The summed E-state index contributed by atoms with van der Waals surface area (Å²) >= 11 is 2.95. The zero-order valence-corrected chi connectivity index (χ0v) is 30.9. The van der Waals surface area contributed by atoms with E-state index in [0.717, 1.165) is 25.9 Å². The third kappa shape index (κ3) is 12.2. The van der Waals surface area contributed by atoms with E-state index >= 15 is 0 Å². The maximum atomic E-state index is 13.9. The fraction of sp³-hybridized carbons (Fsp3) is 0.432. The van der Waals surface area contributed by atoms with Crippen LogP contribution in [0.5, 0.6) is 0 Å². The minimum Gasteiger partial charge on any atom is -0.444 e. The fourth-order valence-electron chi connectivity index (χ4n) is 5.38. The van der Waals surface area contributed by atoms with Crippen molar-refractivity contribution in [1.29, 1.82) is 0 Å². The number of benzene rings is 2. The lowest BCUT2D eigenvalue weighted by Crippen LogP contribution is -2.55. The standard InChI is InChI=1S/C37H48N6O5S2/c1-24(2)33(42-36(46)43(5)21-29-20-39-35(50-29)25(3)4)34(45)40-28(16-26-12-8-6-9-13-26)18-32(44)31(17-27-14-10-7-11-15-27)41-37(47)48-22-30-19-38-23-49-30/h6-15,19-20,23-25,28,31-33,44H,16-18,21-22H2,1-5H3,(H,40,45)(H,41,47)(H,42,46)/t28-,31?,32-,33-/m0/s1. The normalized spacial score (nSPS) is 13.7. The zero-order chi connectivity index (χ0) is 36.0. The summed E-state index contributed by atoms with van der Waals surface area (Å²) < 4.78 is 5.43. The molecule has 11 nitrogen and oxygen atoms in total. The summed E-state index contributed by atoms with van der Waals surface area (Å²) in [5, 5.41) is 21.6. The number of carbonyl (C=O) groups is 3. The van der Waals surface area contributed by atoms with Crippen LogP contribution in [0.2, 0.25) is 0 Å². The van der Waals surface area contributed by atoms with Gasteiger partial charge in [0, 0.05) is 36.3 Å². The molecule has 0 bridgehead atoms. The highest BCUT2D eigenvalue weighted by Gasteiger charge is 2.31. The molecule has 50 heavy (non-hydrogen) atoms. The molecule has 4 atom stereocenters. The van der Waals surface area contributed by atoms with Crippen molar-refractivity contribution in [2.45, 2.75) is 90.3 Å². The van der Waals surface area contributed by atoms with Gasteiger partial charge in [-0.1, -0.05) is 88.4 Å². The van der Waals surface area contributed by atoms with Crippen LogP contribution in [0.1, 0.15) is 65.9 Å². The van der Waals surface area contributed by atoms with E-state index in [0.29, 0.717) is 25.3 Å². The topological polar surface area (TPSA) is 146 Å². The number of aromatic nitrogens is 2. The Morgan fingerprint density at radius 1 is 0.880 bits per heavy atom. The molecule has 2 aromatic heterocycles. The fourth-order valence-corrected chi connectivity index (χ4v) is 6.86. The van der Waals surface area contributed by atoms with Crippen LogP contribution < -0.4 is 16.0 Å². The van der Waals surface area contributed by atoms with E-state index in [9.17, 15) is 19.5 Å². The molecule has 0 saturated heterocycles. The highest BCUT2D eigenvalue weighted by atomic mass is 32.1. The second-order valence-electron chi connectivity index (χ2n) is 13.0. The maximum absolute atomic E-state index is 13.9. The third-order valence-corrected chi connectivity index (χ3v) is 10.2. The van der Waals surface area contributed by atoms with Crippen molar-refractivity contribution in [2.24, 2.45) is 5.92 Å². The molecule has 0 aliphatic rings. The highest BCUT2D eigenvalue weighted by Crippen LogP contribution is 2.22. The second kappa shape index (κ2) is 19.2. The molecule has 1 unspecified atom stereocenters. The predicted octanol–water partition coefficient (Wildman–Crippen LogP) is 5.91. The molecule has 0 spiro atoms. The Kier molecular flexibility index (Phi) is 14.7. The lowest BCUT2D eigenvalue weighted by molar-refractivity contribution is -0.124. The van der Waals surface area contributed by atoms with Crippen LogP contribution in [0.4, 0.5) is 9.59 Å². The van der Waals surface area contributed by atoms with Crippen LogP contribution in [0.15, 0.2) is 78.6 Å². The number of urea groups is 1. The van der Waals surface area contributed by atoms with Gasteiger partial charge in [-0.25, -0.2) is 14.6 Å². The van der Waals surface area contributed by atoms with Gasteiger partial charge in [-0.05, 0) is 36.3 Å². The van der Waals surface area contributed by atoms with Crippen LogP contribution in [0.3, 0.4) is 0 Å². The molecule has 4 N–H and O–H groups in total. The molecular formula is C37H48N6O5S2. The van der Waals surface area contributed by atoms with E-state index in [4.69, 9.17) is 4.74 Å². The highest BCUT2D eigenvalue weighted by molar-refractivity contribution is 7.11. The van der Waals surface area contributed by atoms with Crippen LogP contribution >= 0.6 is 22.7 Å². The molecule has 268 valence electrons. The Hall–Kier alpha value is -4.33. The molecule has 0 aliphatic heterocycles. The first kappa shape index (κ1) is 38.5. The summed E-state index contributed by atoms with van der Waals surface area (Å²) in [5.41, 5.74) is 3.56. The van der Waals surface area contributed by atoms with Crippen molar-refractivity contribution < 1.29 is 24.2 Å². The van der Waals surface area contributed by atoms with E-state index in [1.807, 2.05) is 74.5 Å². The smallest absolute Gasteiger partial charge is 0.407 e. The van der Waals surface area contributed by atoms with Gasteiger partial charge in [0.15, 0.2) is 0 Å². The van der Waals surface area contributed by atoms with Gasteiger partial charge in [0.2, 0.25) is 5.91 Å². The number of alkyl carbamates (subject to hydrolysis) is 1. The van der Waals surface area contributed by atoms with Gasteiger partial charge in [0.05, 0.1) is 34.1 Å². The van der Waals surface area contributed by atoms with Gasteiger partial charge in [-0.2, -0.15) is 0 Å². The molecular weight excluding hydrogens is 673 g/mol. The SMILES string of the molecule is CC(C)c1ncc(CN(C)C(=O)N[C@H](C(=O)N[C@@H](Cc2ccccc2)C[C@H](O)C(Cc2ccccc2)NC(=O)OCc2cncs2)C(C)C)s1. The number of ether oxygens (including phenoxy) is 1. The third-order valence-electron chi connectivity index (χ3n) is 8.13. The van der Waals surface area contributed by atoms with Crippen molar-refractivity contribution in [3.63, 3.8) is 0 Å². The quantitative estimate of drug-likeness (QED) is 0.106.